The Morgan fingerprint density at radius 3 is 2.76 bits per heavy atom. The van der Waals surface area contributed by atoms with Crippen LogP contribution in [0.2, 0.25) is 0 Å². The van der Waals surface area contributed by atoms with E-state index in [1.165, 1.54) is 36.1 Å². The van der Waals surface area contributed by atoms with Crippen molar-refractivity contribution in [2.45, 2.75) is 63.0 Å². The molecule has 1 aliphatic carbocycles. The van der Waals surface area contributed by atoms with E-state index < -0.39 is 0 Å². The summed E-state index contributed by atoms with van der Waals surface area (Å²) in [5.41, 5.74) is 5.03. The monoisotopic (exact) mass is 448 g/mol. The molecule has 2 aromatic carbocycles. The molecular weight excluding hydrogens is 412 g/mol. The number of ether oxygens (including phenoxy) is 2. The zero-order chi connectivity index (χ0) is 22.6. The number of hydrogen-bond donors (Lipinski definition) is 1. The van der Waals surface area contributed by atoms with E-state index in [1.54, 1.807) is 0 Å². The number of piperidine rings is 1. The molecular formula is C28H36N2O3. The molecule has 0 bridgehead atoms. The highest BCUT2D eigenvalue weighted by Crippen LogP contribution is 2.30. The number of benzene rings is 2. The molecule has 1 amide bonds. The van der Waals surface area contributed by atoms with Gasteiger partial charge in [-0.1, -0.05) is 18.2 Å². The molecule has 0 saturated carbocycles. The summed E-state index contributed by atoms with van der Waals surface area (Å²) in [6.07, 6.45) is 7.88. The largest absolute Gasteiger partial charge is 0.491 e. The van der Waals surface area contributed by atoms with Crippen LogP contribution in [-0.2, 0) is 17.6 Å². The minimum atomic E-state index is -0.00371. The minimum Gasteiger partial charge on any atom is -0.491 e. The Hall–Kier alpha value is -2.37. The summed E-state index contributed by atoms with van der Waals surface area (Å²) in [4.78, 5) is 15.3. The Morgan fingerprint density at radius 2 is 1.97 bits per heavy atom. The predicted molar refractivity (Wildman–Crippen MR) is 130 cm³/mol. The number of aryl methyl sites for hydroxylation is 1. The molecule has 3 aliphatic rings. The van der Waals surface area contributed by atoms with Crippen LogP contribution >= 0.6 is 0 Å². The highest BCUT2D eigenvalue weighted by Gasteiger charge is 2.24. The fourth-order valence-electron chi connectivity index (χ4n) is 5.53. The molecule has 2 saturated heterocycles. The first kappa shape index (κ1) is 22.4. The van der Waals surface area contributed by atoms with Crippen LogP contribution in [0.5, 0.6) is 5.75 Å². The van der Waals surface area contributed by atoms with E-state index in [1.807, 2.05) is 24.3 Å². The van der Waals surface area contributed by atoms with E-state index in [9.17, 15) is 4.79 Å². The van der Waals surface area contributed by atoms with Gasteiger partial charge in [0.2, 0.25) is 0 Å². The number of rotatable bonds is 6. The second kappa shape index (κ2) is 10.3. The van der Waals surface area contributed by atoms with Crippen molar-refractivity contribution in [1.29, 1.82) is 0 Å². The van der Waals surface area contributed by atoms with Gasteiger partial charge >= 0.3 is 0 Å². The Labute approximate surface area is 197 Å². The third-order valence-electron chi connectivity index (χ3n) is 7.47. The Bertz CT molecular complexity index is 952. The zero-order valence-electron chi connectivity index (χ0n) is 19.7. The molecule has 0 spiro atoms. The van der Waals surface area contributed by atoms with Gasteiger partial charge in [0.1, 0.15) is 12.4 Å². The van der Waals surface area contributed by atoms with E-state index in [2.05, 4.69) is 35.5 Å². The van der Waals surface area contributed by atoms with Gasteiger partial charge in [-0.2, -0.15) is 0 Å². The smallest absolute Gasteiger partial charge is 0.251 e. The van der Waals surface area contributed by atoms with E-state index >= 15 is 0 Å². The summed E-state index contributed by atoms with van der Waals surface area (Å²) in [5.74, 6) is 1.44. The molecule has 3 atom stereocenters. The van der Waals surface area contributed by atoms with Crippen molar-refractivity contribution in [3.8, 4) is 5.75 Å². The number of nitrogens with zero attached hydrogens (tertiary/aromatic N) is 1. The molecule has 0 radical (unpaired) electrons. The van der Waals surface area contributed by atoms with Crippen LogP contribution in [0, 0.1) is 0 Å². The highest BCUT2D eigenvalue weighted by atomic mass is 16.5. The molecule has 2 aromatic rings. The predicted octanol–water partition coefficient (Wildman–Crippen LogP) is 4.34. The van der Waals surface area contributed by atoms with Crippen LogP contribution in [0.4, 0.5) is 0 Å². The maximum absolute atomic E-state index is 12.8. The summed E-state index contributed by atoms with van der Waals surface area (Å²) in [6.45, 7) is 3.79. The third kappa shape index (κ3) is 5.59. The Balaban J connectivity index is 1.14. The van der Waals surface area contributed by atoms with Crippen molar-refractivity contribution in [3.63, 3.8) is 0 Å². The number of amides is 1. The molecule has 2 fully saturated rings. The fourth-order valence-corrected chi connectivity index (χ4v) is 5.53. The van der Waals surface area contributed by atoms with E-state index in [4.69, 9.17) is 9.47 Å². The van der Waals surface area contributed by atoms with Gasteiger partial charge in [0.25, 0.3) is 5.91 Å². The lowest BCUT2D eigenvalue weighted by Gasteiger charge is -2.31. The molecule has 2 heterocycles. The average Bonchev–Trinajstić information content (AvgIpc) is 3.36. The van der Waals surface area contributed by atoms with Gasteiger partial charge in [-0.25, -0.2) is 0 Å². The normalized spacial score (nSPS) is 25.4. The fraction of sp³-hybridized carbons (Fsp3) is 0.536. The molecule has 5 rings (SSSR count). The van der Waals surface area contributed by atoms with Crippen molar-refractivity contribution in [2.75, 3.05) is 33.4 Å². The van der Waals surface area contributed by atoms with Gasteiger partial charge < -0.3 is 19.7 Å². The maximum atomic E-state index is 12.8. The number of likely N-dealkylation sites (N-methyl/N-ethyl adjacent to an activating group) is 1. The number of carbonyl (C=O) groups is 1. The van der Waals surface area contributed by atoms with E-state index in [-0.39, 0.29) is 18.1 Å². The number of fused-ring (bicyclic) bond motifs is 1. The quantitative estimate of drug-likeness (QED) is 0.714. The van der Waals surface area contributed by atoms with Crippen LogP contribution < -0.4 is 10.1 Å². The molecule has 2 aliphatic heterocycles. The van der Waals surface area contributed by atoms with Gasteiger partial charge in [0.15, 0.2) is 0 Å². The minimum absolute atomic E-state index is 0.00371. The SMILES string of the molecule is CN1CCCC(c2ccc3c(c2)CC[C@H](NC(=O)c2ccc(OC[C@@H]4CCCO4)cc2)C3)C1. The highest BCUT2D eigenvalue weighted by molar-refractivity contribution is 5.94. The lowest BCUT2D eigenvalue weighted by atomic mass is 9.83. The van der Waals surface area contributed by atoms with Gasteiger partial charge in [0.05, 0.1) is 6.10 Å². The van der Waals surface area contributed by atoms with Crippen LogP contribution in [0.25, 0.3) is 0 Å². The number of carbonyl (C=O) groups excluding carboxylic acids is 1. The maximum Gasteiger partial charge on any atom is 0.251 e. The van der Waals surface area contributed by atoms with Gasteiger partial charge in [-0.3, -0.25) is 4.79 Å². The summed E-state index contributed by atoms with van der Waals surface area (Å²) in [6, 6.07) is 14.7. The standard InChI is InChI=1S/C28H36N2O3/c1-30-14-2-4-24(18-30)22-6-7-23-17-25(11-8-21(23)16-22)29-28(31)20-9-12-26(13-10-20)33-19-27-5-3-15-32-27/h6-7,9-10,12-13,16,24-25,27H,2-5,8,11,14-15,17-19H2,1H3,(H,29,31)/t24?,25-,27-/m0/s1. The second-order valence-corrected chi connectivity index (χ2v) is 10.0. The van der Waals surface area contributed by atoms with Crippen LogP contribution in [0.3, 0.4) is 0 Å². The molecule has 5 nitrogen and oxygen atoms in total. The van der Waals surface area contributed by atoms with Crippen LogP contribution in [0.15, 0.2) is 42.5 Å². The van der Waals surface area contributed by atoms with Crippen molar-refractivity contribution in [2.24, 2.45) is 0 Å². The number of nitrogens with one attached hydrogen (secondary N) is 1. The topological polar surface area (TPSA) is 50.8 Å². The van der Waals surface area contributed by atoms with E-state index in [0.29, 0.717) is 18.1 Å². The first-order valence-electron chi connectivity index (χ1n) is 12.6. The van der Waals surface area contributed by atoms with Crippen LogP contribution in [0.1, 0.15) is 65.1 Å². The molecule has 176 valence electrons. The van der Waals surface area contributed by atoms with Crippen molar-refractivity contribution >= 4 is 5.91 Å². The Kier molecular flexibility index (Phi) is 6.98. The summed E-state index contributed by atoms with van der Waals surface area (Å²) >= 11 is 0. The number of hydrogen-bond acceptors (Lipinski definition) is 4. The first-order chi connectivity index (χ1) is 16.1. The lowest BCUT2D eigenvalue weighted by molar-refractivity contribution is 0.0679. The average molecular weight is 449 g/mol. The summed E-state index contributed by atoms with van der Waals surface area (Å²) in [5, 5.41) is 3.25. The van der Waals surface area contributed by atoms with Gasteiger partial charge in [-0.05, 0) is 105 Å². The van der Waals surface area contributed by atoms with Crippen molar-refractivity contribution in [1.82, 2.24) is 10.2 Å². The molecule has 1 unspecified atom stereocenters. The van der Waals surface area contributed by atoms with E-state index in [0.717, 1.165) is 51.0 Å². The lowest BCUT2D eigenvalue weighted by Crippen LogP contribution is -2.39. The third-order valence-corrected chi connectivity index (χ3v) is 7.47. The first-order valence-corrected chi connectivity index (χ1v) is 12.6. The molecule has 1 N–H and O–H groups in total. The van der Waals surface area contributed by atoms with Crippen molar-refractivity contribution < 1.29 is 14.3 Å². The van der Waals surface area contributed by atoms with Crippen molar-refractivity contribution in [3.05, 3.63) is 64.7 Å². The zero-order valence-corrected chi connectivity index (χ0v) is 19.7. The second-order valence-electron chi connectivity index (χ2n) is 10.0. The van der Waals surface area contributed by atoms with Crippen LogP contribution in [-0.4, -0.2) is 56.3 Å². The molecule has 33 heavy (non-hydrogen) atoms. The summed E-state index contributed by atoms with van der Waals surface area (Å²) < 4.78 is 11.4. The molecule has 0 aromatic heterocycles. The van der Waals surface area contributed by atoms with Gasteiger partial charge in [0, 0.05) is 24.8 Å². The van der Waals surface area contributed by atoms with Gasteiger partial charge in [-0.15, -0.1) is 0 Å². The molecule has 5 heteroatoms. The summed E-state index contributed by atoms with van der Waals surface area (Å²) in [7, 11) is 2.23. The number of likely N-dealkylation sites (tertiary alicyclic amines) is 1. The Morgan fingerprint density at radius 1 is 1.09 bits per heavy atom.